The number of epoxide rings is 2. The van der Waals surface area contributed by atoms with Gasteiger partial charge in [0.2, 0.25) is 0 Å². The summed E-state index contributed by atoms with van der Waals surface area (Å²) < 4.78 is 33.9. The lowest BCUT2D eigenvalue weighted by Gasteiger charge is -2.15. The summed E-state index contributed by atoms with van der Waals surface area (Å²) in [7, 11) is 0. The van der Waals surface area contributed by atoms with Crippen LogP contribution in [0.2, 0.25) is 0 Å². The zero-order chi connectivity index (χ0) is 32.1. The average molecular weight is 633 g/mol. The van der Waals surface area contributed by atoms with E-state index in [1.165, 1.54) is 0 Å². The molecule has 2 aliphatic rings. The SMILES string of the molecule is CC(CCCCCOc1ccc(C=Cc2ccc(OCC3CO3)cc2)cc1)Oc1ccc(C=Cc2ccc(OCC3CO3)cc2)cc1. The van der Waals surface area contributed by atoms with Gasteiger partial charge in [-0.3, -0.25) is 0 Å². The Morgan fingerprint density at radius 3 is 1.32 bits per heavy atom. The van der Waals surface area contributed by atoms with Gasteiger partial charge in [0.25, 0.3) is 0 Å². The topological polar surface area (TPSA) is 62.0 Å². The van der Waals surface area contributed by atoms with Crippen molar-refractivity contribution in [3.8, 4) is 23.0 Å². The van der Waals surface area contributed by atoms with E-state index >= 15 is 0 Å². The highest BCUT2D eigenvalue weighted by Crippen LogP contribution is 2.21. The third-order valence-electron chi connectivity index (χ3n) is 7.99. The van der Waals surface area contributed by atoms with E-state index in [0.29, 0.717) is 19.8 Å². The molecular formula is C41H44O6. The Morgan fingerprint density at radius 2 is 0.915 bits per heavy atom. The Bertz CT molecular complexity index is 1550. The van der Waals surface area contributed by atoms with Crippen molar-refractivity contribution < 1.29 is 28.4 Å². The van der Waals surface area contributed by atoms with Crippen molar-refractivity contribution in [2.24, 2.45) is 0 Å². The van der Waals surface area contributed by atoms with E-state index in [1.54, 1.807) is 0 Å². The quantitative estimate of drug-likeness (QED) is 0.0584. The molecule has 2 fully saturated rings. The van der Waals surface area contributed by atoms with Crippen molar-refractivity contribution >= 4 is 24.3 Å². The standard InChI is InChI=1S/C41H44O6/c1-31(47-39-24-16-35(17-25-39)9-8-34-14-22-38(23-15-34)44-28-41-30-46-41)5-3-2-4-26-42-36-18-10-32(11-19-36)6-7-33-12-20-37(21-13-33)43-27-40-29-45-40/h6-25,31,40-41H,2-5,26-30H2,1H3. The molecule has 0 saturated carbocycles. The molecule has 0 aliphatic carbocycles. The molecule has 0 amide bonds. The number of rotatable bonds is 19. The molecule has 47 heavy (non-hydrogen) atoms. The van der Waals surface area contributed by atoms with Crippen LogP contribution < -0.4 is 18.9 Å². The minimum absolute atomic E-state index is 0.166. The van der Waals surface area contributed by atoms with Gasteiger partial charge in [0.1, 0.15) is 48.4 Å². The van der Waals surface area contributed by atoms with Gasteiger partial charge in [0.15, 0.2) is 0 Å². The Labute approximate surface area is 278 Å². The molecule has 2 aliphatic heterocycles. The Hall–Kier alpha value is -4.52. The molecule has 2 saturated heterocycles. The van der Waals surface area contributed by atoms with E-state index in [0.717, 1.165) is 84.1 Å². The van der Waals surface area contributed by atoms with E-state index in [2.05, 4.69) is 79.8 Å². The van der Waals surface area contributed by atoms with Crippen LogP contribution in [0.3, 0.4) is 0 Å². The maximum absolute atomic E-state index is 6.16. The van der Waals surface area contributed by atoms with Gasteiger partial charge in [-0.1, -0.05) is 72.8 Å². The Kier molecular flexibility index (Phi) is 11.6. The Morgan fingerprint density at radius 1 is 0.532 bits per heavy atom. The molecule has 0 spiro atoms. The maximum Gasteiger partial charge on any atom is 0.119 e. The summed E-state index contributed by atoms with van der Waals surface area (Å²) >= 11 is 0. The molecular weight excluding hydrogens is 588 g/mol. The third kappa shape index (κ3) is 11.7. The average Bonchev–Trinajstić information content (AvgIpc) is 4.05. The van der Waals surface area contributed by atoms with Crippen molar-refractivity contribution in [2.75, 3.05) is 33.0 Å². The van der Waals surface area contributed by atoms with Crippen LogP contribution in [0.25, 0.3) is 24.3 Å². The highest BCUT2D eigenvalue weighted by atomic mass is 16.6. The number of hydrogen-bond acceptors (Lipinski definition) is 6. The van der Waals surface area contributed by atoms with Crippen molar-refractivity contribution in [1.82, 2.24) is 0 Å². The van der Waals surface area contributed by atoms with Crippen LogP contribution in [0.5, 0.6) is 23.0 Å². The molecule has 3 unspecified atom stereocenters. The number of ether oxygens (including phenoxy) is 6. The fourth-order valence-corrected chi connectivity index (χ4v) is 4.97. The lowest BCUT2D eigenvalue weighted by molar-refractivity contribution is 0.204. The third-order valence-corrected chi connectivity index (χ3v) is 7.99. The summed E-state index contributed by atoms with van der Waals surface area (Å²) in [5.41, 5.74) is 4.53. The highest BCUT2D eigenvalue weighted by molar-refractivity contribution is 5.71. The first-order chi connectivity index (χ1) is 23.1. The molecule has 0 radical (unpaired) electrons. The van der Waals surface area contributed by atoms with Gasteiger partial charge in [0.05, 0.1) is 25.9 Å². The van der Waals surface area contributed by atoms with E-state index in [-0.39, 0.29) is 18.3 Å². The second-order valence-corrected chi connectivity index (χ2v) is 12.1. The summed E-state index contributed by atoms with van der Waals surface area (Å²) in [4.78, 5) is 0. The normalized spacial score (nSPS) is 17.5. The molecule has 6 heteroatoms. The van der Waals surface area contributed by atoms with Gasteiger partial charge in [-0.05, 0) is 103 Å². The fourth-order valence-electron chi connectivity index (χ4n) is 4.97. The summed E-state index contributed by atoms with van der Waals surface area (Å²) in [6, 6.07) is 32.7. The predicted molar refractivity (Wildman–Crippen MR) is 188 cm³/mol. The van der Waals surface area contributed by atoms with Crippen molar-refractivity contribution in [2.45, 2.75) is 50.9 Å². The molecule has 6 rings (SSSR count). The van der Waals surface area contributed by atoms with Gasteiger partial charge in [-0.15, -0.1) is 0 Å². The molecule has 6 nitrogen and oxygen atoms in total. The minimum atomic E-state index is 0.166. The number of hydrogen-bond donors (Lipinski definition) is 0. The van der Waals surface area contributed by atoms with Crippen molar-refractivity contribution in [3.63, 3.8) is 0 Å². The van der Waals surface area contributed by atoms with E-state index in [1.807, 2.05) is 48.5 Å². The molecule has 3 atom stereocenters. The first-order valence-electron chi connectivity index (χ1n) is 16.7. The van der Waals surface area contributed by atoms with Crippen LogP contribution in [0.4, 0.5) is 0 Å². The van der Waals surface area contributed by atoms with Crippen LogP contribution in [-0.4, -0.2) is 51.3 Å². The molecule has 0 N–H and O–H groups in total. The number of benzene rings is 4. The summed E-state index contributed by atoms with van der Waals surface area (Å²) in [6.45, 7) is 5.72. The van der Waals surface area contributed by atoms with Crippen molar-refractivity contribution in [1.29, 1.82) is 0 Å². The van der Waals surface area contributed by atoms with Gasteiger partial charge >= 0.3 is 0 Å². The molecule has 244 valence electrons. The number of unbranched alkanes of at least 4 members (excludes halogenated alkanes) is 2. The zero-order valence-electron chi connectivity index (χ0n) is 27.1. The summed E-state index contributed by atoms with van der Waals surface area (Å²) in [5.74, 6) is 3.55. The van der Waals surface area contributed by atoms with Crippen LogP contribution in [0, 0.1) is 0 Å². The van der Waals surface area contributed by atoms with Crippen LogP contribution in [0.1, 0.15) is 54.9 Å². The van der Waals surface area contributed by atoms with Gasteiger partial charge in [-0.25, -0.2) is 0 Å². The van der Waals surface area contributed by atoms with Crippen LogP contribution >= 0.6 is 0 Å². The predicted octanol–water partition coefficient (Wildman–Crippen LogP) is 8.99. The van der Waals surface area contributed by atoms with E-state index in [9.17, 15) is 0 Å². The lowest BCUT2D eigenvalue weighted by Crippen LogP contribution is -2.11. The highest BCUT2D eigenvalue weighted by Gasteiger charge is 2.23. The first kappa shape index (κ1) is 32.4. The fraction of sp³-hybridized carbons (Fsp3) is 0.317. The van der Waals surface area contributed by atoms with E-state index in [4.69, 9.17) is 28.4 Å². The molecule has 2 heterocycles. The van der Waals surface area contributed by atoms with Gasteiger partial charge < -0.3 is 28.4 Å². The smallest absolute Gasteiger partial charge is 0.119 e. The second kappa shape index (κ2) is 16.9. The molecule has 0 aromatic heterocycles. The second-order valence-electron chi connectivity index (χ2n) is 12.1. The van der Waals surface area contributed by atoms with Gasteiger partial charge in [0, 0.05) is 0 Å². The maximum atomic E-state index is 6.16. The van der Waals surface area contributed by atoms with Crippen LogP contribution in [-0.2, 0) is 9.47 Å². The lowest BCUT2D eigenvalue weighted by atomic mass is 10.1. The minimum Gasteiger partial charge on any atom is -0.494 e. The largest absolute Gasteiger partial charge is 0.494 e. The Balaban J connectivity index is 0.821. The molecule has 4 aromatic carbocycles. The van der Waals surface area contributed by atoms with Gasteiger partial charge in [-0.2, -0.15) is 0 Å². The summed E-state index contributed by atoms with van der Waals surface area (Å²) in [6.07, 6.45) is 13.4. The molecule has 4 aromatic rings. The van der Waals surface area contributed by atoms with Crippen LogP contribution in [0.15, 0.2) is 97.1 Å². The van der Waals surface area contributed by atoms with Crippen molar-refractivity contribution in [3.05, 3.63) is 119 Å². The summed E-state index contributed by atoms with van der Waals surface area (Å²) in [5, 5.41) is 0. The monoisotopic (exact) mass is 632 g/mol. The zero-order valence-corrected chi connectivity index (χ0v) is 27.1. The first-order valence-corrected chi connectivity index (χ1v) is 16.7. The molecule has 0 bridgehead atoms. The van der Waals surface area contributed by atoms with E-state index < -0.39 is 0 Å².